The van der Waals surface area contributed by atoms with Gasteiger partial charge in [0, 0.05) is 17.5 Å². The zero-order valence-corrected chi connectivity index (χ0v) is 8.55. The number of phenolic OH excluding ortho intramolecular Hbond substituents is 1. The van der Waals surface area contributed by atoms with E-state index in [1.807, 2.05) is 12.1 Å². The van der Waals surface area contributed by atoms with Crippen LogP contribution in [0.3, 0.4) is 0 Å². The lowest BCUT2D eigenvalue weighted by Crippen LogP contribution is -2.12. The van der Waals surface area contributed by atoms with Gasteiger partial charge in [-0.2, -0.15) is 11.8 Å². The normalized spacial score (nSPS) is 12.8. The van der Waals surface area contributed by atoms with E-state index in [2.05, 4.69) is 6.92 Å². The van der Waals surface area contributed by atoms with Gasteiger partial charge in [0.05, 0.1) is 0 Å². The van der Waals surface area contributed by atoms with Crippen molar-refractivity contribution in [3.8, 4) is 5.75 Å². The molecule has 1 unspecified atom stereocenters. The van der Waals surface area contributed by atoms with Crippen molar-refractivity contribution >= 4 is 11.8 Å². The molecule has 2 nitrogen and oxygen atoms in total. The van der Waals surface area contributed by atoms with Crippen molar-refractivity contribution in [1.82, 2.24) is 0 Å². The highest BCUT2D eigenvalue weighted by Crippen LogP contribution is 2.19. The van der Waals surface area contributed by atoms with Crippen molar-refractivity contribution in [2.24, 2.45) is 5.73 Å². The van der Waals surface area contributed by atoms with E-state index in [0.29, 0.717) is 17.5 Å². The number of nitrogens with two attached hydrogens (primary N) is 1. The molecule has 1 aromatic rings. The Hall–Kier alpha value is -0.670. The molecule has 72 valence electrons. The summed E-state index contributed by atoms with van der Waals surface area (Å²) in [6.45, 7) is 2.80. The largest absolute Gasteiger partial charge is 0.508 e. The van der Waals surface area contributed by atoms with Crippen LogP contribution in [-0.4, -0.2) is 16.9 Å². The van der Waals surface area contributed by atoms with Crippen LogP contribution in [0, 0.1) is 0 Å². The molecule has 0 saturated heterocycles. The van der Waals surface area contributed by atoms with Gasteiger partial charge in [0.2, 0.25) is 0 Å². The topological polar surface area (TPSA) is 46.2 Å². The Morgan fingerprint density at radius 2 is 2.31 bits per heavy atom. The predicted octanol–water partition coefficient (Wildman–Crippen LogP) is 1.97. The number of rotatable bonds is 4. The van der Waals surface area contributed by atoms with Crippen LogP contribution in [0.1, 0.15) is 12.5 Å². The molecule has 0 amide bonds. The van der Waals surface area contributed by atoms with Crippen LogP contribution >= 0.6 is 11.8 Å². The third-order valence-corrected chi connectivity index (χ3v) is 3.04. The molecule has 1 aromatic carbocycles. The van der Waals surface area contributed by atoms with Gasteiger partial charge in [-0.25, -0.2) is 0 Å². The van der Waals surface area contributed by atoms with Gasteiger partial charge in [0.15, 0.2) is 0 Å². The van der Waals surface area contributed by atoms with E-state index < -0.39 is 0 Å². The average Bonchev–Trinajstić information content (AvgIpc) is 2.14. The Balaban J connectivity index is 2.45. The van der Waals surface area contributed by atoms with E-state index in [-0.39, 0.29) is 0 Å². The van der Waals surface area contributed by atoms with Crippen LogP contribution in [0.15, 0.2) is 24.3 Å². The van der Waals surface area contributed by atoms with Gasteiger partial charge >= 0.3 is 0 Å². The minimum Gasteiger partial charge on any atom is -0.508 e. The minimum atomic E-state index is 0.332. The van der Waals surface area contributed by atoms with Crippen molar-refractivity contribution in [3.63, 3.8) is 0 Å². The fourth-order valence-corrected chi connectivity index (χ4v) is 1.75. The van der Waals surface area contributed by atoms with Gasteiger partial charge in [0.25, 0.3) is 0 Å². The van der Waals surface area contributed by atoms with Gasteiger partial charge in [-0.1, -0.05) is 19.1 Å². The van der Waals surface area contributed by atoms with Crippen LogP contribution in [0.2, 0.25) is 0 Å². The van der Waals surface area contributed by atoms with Gasteiger partial charge in [-0.15, -0.1) is 0 Å². The first-order valence-corrected chi connectivity index (χ1v) is 5.37. The van der Waals surface area contributed by atoms with Crippen molar-refractivity contribution in [2.75, 3.05) is 6.54 Å². The standard InChI is InChI=1S/C10H15NOS/c1-8(6-11)13-7-9-3-2-4-10(12)5-9/h2-5,8,12H,6-7,11H2,1H3. The Morgan fingerprint density at radius 1 is 1.54 bits per heavy atom. The fraction of sp³-hybridized carbons (Fsp3) is 0.400. The van der Waals surface area contributed by atoms with Crippen LogP contribution in [0.5, 0.6) is 5.75 Å². The maximum absolute atomic E-state index is 9.20. The molecular weight excluding hydrogens is 182 g/mol. The summed E-state index contributed by atoms with van der Waals surface area (Å²) in [5, 5.41) is 9.68. The molecule has 0 aromatic heterocycles. The lowest BCUT2D eigenvalue weighted by atomic mass is 10.2. The molecule has 0 aliphatic rings. The third kappa shape index (κ3) is 3.70. The minimum absolute atomic E-state index is 0.332. The zero-order valence-electron chi connectivity index (χ0n) is 7.73. The van der Waals surface area contributed by atoms with E-state index in [0.717, 1.165) is 11.3 Å². The van der Waals surface area contributed by atoms with Crippen molar-refractivity contribution in [1.29, 1.82) is 0 Å². The highest BCUT2D eigenvalue weighted by atomic mass is 32.2. The molecule has 3 heteroatoms. The first kappa shape index (κ1) is 10.4. The van der Waals surface area contributed by atoms with Gasteiger partial charge in [0.1, 0.15) is 5.75 Å². The highest BCUT2D eigenvalue weighted by molar-refractivity contribution is 7.99. The van der Waals surface area contributed by atoms with E-state index >= 15 is 0 Å². The highest BCUT2D eigenvalue weighted by Gasteiger charge is 2.00. The Kier molecular flexibility index (Phi) is 4.12. The van der Waals surface area contributed by atoms with Gasteiger partial charge in [-0.05, 0) is 17.7 Å². The number of hydrogen-bond acceptors (Lipinski definition) is 3. The van der Waals surface area contributed by atoms with Crippen LogP contribution < -0.4 is 5.73 Å². The average molecular weight is 197 g/mol. The Bertz CT molecular complexity index is 265. The summed E-state index contributed by atoms with van der Waals surface area (Å²) in [6, 6.07) is 7.34. The first-order valence-electron chi connectivity index (χ1n) is 4.32. The maximum atomic E-state index is 9.20. The molecule has 0 heterocycles. The van der Waals surface area contributed by atoms with E-state index in [1.165, 1.54) is 0 Å². The second kappa shape index (κ2) is 5.14. The summed E-state index contributed by atoms with van der Waals surface area (Å²) in [5.74, 6) is 1.24. The second-order valence-electron chi connectivity index (χ2n) is 3.03. The van der Waals surface area contributed by atoms with Crippen LogP contribution in [0.4, 0.5) is 0 Å². The molecule has 0 spiro atoms. The summed E-state index contributed by atoms with van der Waals surface area (Å²) in [7, 11) is 0. The number of aromatic hydroxyl groups is 1. The SMILES string of the molecule is CC(CN)SCc1cccc(O)c1. The molecule has 1 atom stereocenters. The molecule has 0 aliphatic carbocycles. The lowest BCUT2D eigenvalue weighted by Gasteiger charge is -2.07. The Morgan fingerprint density at radius 3 is 2.92 bits per heavy atom. The molecule has 13 heavy (non-hydrogen) atoms. The van der Waals surface area contributed by atoms with Crippen molar-refractivity contribution < 1.29 is 5.11 Å². The molecule has 0 aliphatic heterocycles. The quantitative estimate of drug-likeness (QED) is 0.775. The van der Waals surface area contributed by atoms with E-state index in [1.54, 1.807) is 23.9 Å². The van der Waals surface area contributed by atoms with Crippen molar-refractivity contribution in [2.45, 2.75) is 17.9 Å². The number of hydrogen-bond donors (Lipinski definition) is 2. The van der Waals surface area contributed by atoms with E-state index in [9.17, 15) is 5.11 Å². The van der Waals surface area contributed by atoms with Crippen molar-refractivity contribution in [3.05, 3.63) is 29.8 Å². The van der Waals surface area contributed by atoms with Gasteiger partial charge < -0.3 is 10.8 Å². The molecule has 0 radical (unpaired) electrons. The smallest absolute Gasteiger partial charge is 0.115 e. The zero-order chi connectivity index (χ0) is 9.68. The molecule has 0 bridgehead atoms. The molecule has 1 rings (SSSR count). The molecular formula is C10H15NOS. The molecule has 0 fully saturated rings. The first-order chi connectivity index (χ1) is 6.22. The van der Waals surface area contributed by atoms with E-state index in [4.69, 9.17) is 5.73 Å². The Labute approximate surface area is 83.1 Å². The van der Waals surface area contributed by atoms with Gasteiger partial charge in [-0.3, -0.25) is 0 Å². The summed E-state index contributed by atoms with van der Waals surface area (Å²) in [6.07, 6.45) is 0. The molecule has 3 N–H and O–H groups in total. The predicted molar refractivity (Wildman–Crippen MR) is 57.9 cm³/mol. The number of thioether (sulfide) groups is 1. The molecule has 0 saturated carbocycles. The lowest BCUT2D eigenvalue weighted by molar-refractivity contribution is 0.475. The van der Waals surface area contributed by atoms with Crippen LogP contribution in [0.25, 0.3) is 0 Å². The summed E-state index contributed by atoms with van der Waals surface area (Å²) < 4.78 is 0. The number of phenols is 1. The third-order valence-electron chi connectivity index (χ3n) is 1.78. The fourth-order valence-electron chi connectivity index (χ4n) is 0.953. The summed E-state index contributed by atoms with van der Waals surface area (Å²) in [4.78, 5) is 0. The maximum Gasteiger partial charge on any atom is 0.115 e. The summed E-state index contributed by atoms with van der Waals surface area (Å²) >= 11 is 1.80. The second-order valence-corrected chi connectivity index (χ2v) is 4.45. The summed E-state index contributed by atoms with van der Waals surface area (Å²) in [5.41, 5.74) is 6.64. The van der Waals surface area contributed by atoms with Crippen LogP contribution in [-0.2, 0) is 5.75 Å². The number of benzene rings is 1. The monoisotopic (exact) mass is 197 g/mol.